The molecule has 2 N–H and O–H groups in total. The van der Waals surface area contributed by atoms with E-state index in [2.05, 4.69) is 10.6 Å². The second-order valence-electron chi connectivity index (χ2n) is 6.40. The first kappa shape index (κ1) is 19.1. The van der Waals surface area contributed by atoms with Gasteiger partial charge in [0.2, 0.25) is 5.91 Å². The van der Waals surface area contributed by atoms with E-state index in [9.17, 15) is 9.59 Å². The third-order valence-corrected chi connectivity index (χ3v) is 4.64. The van der Waals surface area contributed by atoms with Gasteiger partial charge in [-0.1, -0.05) is 25.7 Å². The zero-order chi connectivity index (χ0) is 18.1. The van der Waals surface area contributed by atoms with Gasteiger partial charge in [-0.05, 0) is 37.0 Å². The van der Waals surface area contributed by atoms with Crippen LogP contribution in [-0.2, 0) is 4.79 Å². The van der Waals surface area contributed by atoms with Gasteiger partial charge in [0, 0.05) is 12.1 Å². The molecule has 6 nitrogen and oxygen atoms in total. The van der Waals surface area contributed by atoms with Crippen molar-refractivity contribution in [3.05, 3.63) is 23.8 Å². The van der Waals surface area contributed by atoms with Crippen molar-refractivity contribution in [1.82, 2.24) is 10.6 Å². The Bertz CT molecular complexity index is 583. The van der Waals surface area contributed by atoms with Gasteiger partial charge in [0.15, 0.2) is 11.5 Å². The van der Waals surface area contributed by atoms with E-state index in [1.54, 1.807) is 18.2 Å². The number of methoxy groups -OCH3 is 2. The molecule has 0 bridgehead atoms. The first-order valence-electron chi connectivity index (χ1n) is 8.91. The van der Waals surface area contributed by atoms with Gasteiger partial charge in [-0.2, -0.15) is 0 Å². The van der Waals surface area contributed by atoms with Crippen LogP contribution in [0.5, 0.6) is 11.5 Å². The molecule has 0 spiro atoms. The SMILES string of the molecule is COc1ccc(C(=O)NCC(=O)NCCCC2CCCC2)cc1OC. The Balaban J connectivity index is 1.69. The number of benzene rings is 1. The number of hydrogen-bond donors (Lipinski definition) is 2. The highest BCUT2D eigenvalue weighted by molar-refractivity contribution is 5.97. The first-order valence-corrected chi connectivity index (χ1v) is 8.91. The molecule has 6 heteroatoms. The number of rotatable bonds is 9. The maximum absolute atomic E-state index is 12.1. The van der Waals surface area contributed by atoms with Crippen LogP contribution in [0.25, 0.3) is 0 Å². The highest BCUT2D eigenvalue weighted by Gasteiger charge is 2.14. The molecule has 2 amide bonds. The summed E-state index contributed by atoms with van der Waals surface area (Å²) in [5.41, 5.74) is 0.423. The van der Waals surface area contributed by atoms with Crippen LogP contribution in [-0.4, -0.2) is 39.1 Å². The Morgan fingerprint density at radius 1 is 1.08 bits per heavy atom. The smallest absolute Gasteiger partial charge is 0.251 e. The summed E-state index contributed by atoms with van der Waals surface area (Å²) in [7, 11) is 3.05. The maximum atomic E-state index is 12.1. The molecule has 1 aromatic rings. The minimum atomic E-state index is -0.318. The van der Waals surface area contributed by atoms with Gasteiger partial charge in [-0.25, -0.2) is 0 Å². The van der Waals surface area contributed by atoms with Crippen LogP contribution < -0.4 is 20.1 Å². The third-order valence-electron chi connectivity index (χ3n) is 4.64. The predicted octanol–water partition coefficient (Wildman–Crippen LogP) is 2.52. The largest absolute Gasteiger partial charge is 0.493 e. The molecule has 1 aromatic carbocycles. The molecule has 0 saturated heterocycles. The van der Waals surface area contributed by atoms with Crippen LogP contribution >= 0.6 is 0 Å². The van der Waals surface area contributed by atoms with Crippen LogP contribution in [0.4, 0.5) is 0 Å². The minimum absolute atomic E-state index is 0.0311. The standard InChI is InChI=1S/C19H28N2O4/c1-24-16-10-9-15(12-17(16)25-2)19(23)21-13-18(22)20-11-5-8-14-6-3-4-7-14/h9-10,12,14H,3-8,11,13H2,1-2H3,(H,20,22)(H,21,23). The molecular weight excluding hydrogens is 320 g/mol. The quantitative estimate of drug-likeness (QED) is 0.672. The Labute approximate surface area is 149 Å². The number of nitrogens with one attached hydrogen (secondary N) is 2. The molecule has 0 unspecified atom stereocenters. The molecule has 0 atom stereocenters. The summed E-state index contributed by atoms with van der Waals surface area (Å²) in [4.78, 5) is 24.0. The summed E-state index contributed by atoms with van der Waals surface area (Å²) in [5, 5.41) is 5.48. The van der Waals surface area contributed by atoms with E-state index < -0.39 is 0 Å². The van der Waals surface area contributed by atoms with Crippen molar-refractivity contribution in [2.45, 2.75) is 38.5 Å². The van der Waals surface area contributed by atoms with Gasteiger partial charge in [0.05, 0.1) is 20.8 Å². The predicted molar refractivity (Wildman–Crippen MR) is 96.1 cm³/mol. The van der Waals surface area contributed by atoms with E-state index in [-0.39, 0.29) is 18.4 Å². The molecule has 1 saturated carbocycles. The van der Waals surface area contributed by atoms with Crippen LogP contribution in [0.2, 0.25) is 0 Å². The fourth-order valence-corrected chi connectivity index (χ4v) is 3.22. The fraction of sp³-hybridized carbons (Fsp3) is 0.579. The zero-order valence-corrected chi connectivity index (χ0v) is 15.1. The van der Waals surface area contributed by atoms with Crippen molar-refractivity contribution >= 4 is 11.8 Å². The van der Waals surface area contributed by atoms with Crippen molar-refractivity contribution in [3.63, 3.8) is 0 Å². The van der Waals surface area contributed by atoms with Crippen LogP contribution in [0.1, 0.15) is 48.9 Å². The topological polar surface area (TPSA) is 76.7 Å². The van der Waals surface area contributed by atoms with E-state index in [0.717, 1.165) is 12.3 Å². The second-order valence-corrected chi connectivity index (χ2v) is 6.40. The molecule has 138 valence electrons. The maximum Gasteiger partial charge on any atom is 0.251 e. The lowest BCUT2D eigenvalue weighted by molar-refractivity contribution is -0.120. The fourth-order valence-electron chi connectivity index (χ4n) is 3.22. The molecule has 0 radical (unpaired) electrons. The summed E-state index contributed by atoms with van der Waals surface area (Å²) < 4.78 is 10.3. The highest BCUT2D eigenvalue weighted by atomic mass is 16.5. The molecule has 1 fully saturated rings. The van der Waals surface area contributed by atoms with Crippen molar-refractivity contribution < 1.29 is 19.1 Å². The molecule has 25 heavy (non-hydrogen) atoms. The van der Waals surface area contributed by atoms with E-state index in [1.165, 1.54) is 46.3 Å². The number of amides is 2. The highest BCUT2D eigenvalue weighted by Crippen LogP contribution is 2.28. The van der Waals surface area contributed by atoms with E-state index in [4.69, 9.17) is 9.47 Å². The average molecular weight is 348 g/mol. The van der Waals surface area contributed by atoms with Gasteiger partial charge >= 0.3 is 0 Å². The molecule has 0 aliphatic heterocycles. The molecular formula is C19H28N2O4. The molecule has 0 heterocycles. The van der Waals surface area contributed by atoms with E-state index in [1.807, 2.05) is 0 Å². The van der Waals surface area contributed by atoms with Crippen LogP contribution in [0.15, 0.2) is 18.2 Å². The number of ether oxygens (including phenoxy) is 2. The van der Waals surface area contributed by atoms with E-state index >= 15 is 0 Å². The second kappa shape index (κ2) is 9.91. The molecule has 1 aliphatic carbocycles. The van der Waals surface area contributed by atoms with Crippen molar-refractivity contribution in [1.29, 1.82) is 0 Å². The Kier molecular flexibility index (Phi) is 7.57. The number of carbonyl (C=O) groups is 2. The lowest BCUT2D eigenvalue weighted by Crippen LogP contribution is -2.37. The molecule has 0 aromatic heterocycles. The van der Waals surface area contributed by atoms with Crippen LogP contribution in [0.3, 0.4) is 0 Å². The summed E-state index contributed by atoms with van der Waals surface area (Å²) in [6, 6.07) is 4.89. The van der Waals surface area contributed by atoms with Crippen molar-refractivity contribution in [2.24, 2.45) is 5.92 Å². The monoisotopic (exact) mass is 348 g/mol. The van der Waals surface area contributed by atoms with E-state index in [0.29, 0.717) is 23.6 Å². The third kappa shape index (κ3) is 5.96. The zero-order valence-electron chi connectivity index (χ0n) is 15.1. The number of hydrogen-bond acceptors (Lipinski definition) is 4. The Morgan fingerprint density at radius 3 is 2.48 bits per heavy atom. The first-order chi connectivity index (χ1) is 12.1. The lowest BCUT2D eigenvalue weighted by Gasteiger charge is -2.11. The average Bonchev–Trinajstić information content (AvgIpc) is 3.16. The summed E-state index contributed by atoms with van der Waals surface area (Å²) in [5.74, 6) is 1.38. The van der Waals surface area contributed by atoms with Crippen molar-refractivity contribution in [3.8, 4) is 11.5 Å². The summed E-state index contributed by atoms with van der Waals surface area (Å²) in [6.45, 7) is 0.637. The van der Waals surface area contributed by atoms with Gasteiger partial charge in [-0.3, -0.25) is 9.59 Å². The number of carbonyl (C=O) groups excluding carboxylic acids is 2. The Morgan fingerprint density at radius 2 is 1.80 bits per heavy atom. The van der Waals surface area contributed by atoms with Gasteiger partial charge in [-0.15, -0.1) is 0 Å². The summed E-state index contributed by atoms with van der Waals surface area (Å²) in [6.07, 6.45) is 7.53. The van der Waals surface area contributed by atoms with Gasteiger partial charge in [0.1, 0.15) is 0 Å². The normalized spacial score (nSPS) is 14.2. The van der Waals surface area contributed by atoms with Gasteiger partial charge < -0.3 is 20.1 Å². The lowest BCUT2D eigenvalue weighted by atomic mass is 10.0. The Hall–Kier alpha value is -2.24. The molecule has 1 aliphatic rings. The minimum Gasteiger partial charge on any atom is -0.493 e. The van der Waals surface area contributed by atoms with Crippen LogP contribution in [0, 0.1) is 5.92 Å². The summed E-state index contributed by atoms with van der Waals surface area (Å²) >= 11 is 0. The van der Waals surface area contributed by atoms with Crippen molar-refractivity contribution in [2.75, 3.05) is 27.3 Å². The molecule has 2 rings (SSSR count). The van der Waals surface area contributed by atoms with Gasteiger partial charge in [0.25, 0.3) is 5.91 Å².